The summed E-state index contributed by atoms with van der Waals surface area (Å²) in [7, 11) is 0. The third-order valence-corrected chi connectivity index (χ3v) is 16.6. The maximum absolute atomic E-state index is 9.94. The zero-order valence-electron chi connectivity index (χ0n) is 19.0. The summed E-state index contributed by atoms with van der Waals surface area (Å²) in [6.07, 6.45) is 18.4. The molecule has 3 heterocycles. The molecule has 0 amide bonds. The number of halogens is 4. The second-order valence-electron chi connectivity index (χ2n) is 7.33. The number of phenols is 1. The third-order valence-electron chi connectivity index (χ3n) is 4.92. The molecule has 3 aliphatic heterocycles. The van der Waals surface area contributed by atoms with Crippen LogP contribution in [0.3, 0.4) is 0 Å². The number of hydrogen-bond acceptors (Lipinski definition) is 3. The summed E-state index contributed by atoms with van der Waals surface area (Å²) in [5.41, 5.74) is 3.90. The van der Waals surface area contributed by atoms with Gasteiger partial charge >= 0.3 is 213 Å². The molecule has 0 aromatic heterocycles. The minimum absolute atomic E-state index is 0.0843. The van der Waals surface area contributed by atoms with Gasteiger partial charge in [0, 0.05) is 0 Å². The van der Waals surface area contributed by atoms with Crippen molar-refractivity contribution in [2.75, 3.05) is 4.43 Å². The quantitative estimate of drug-likeness (QED) is 0.177. The molecule has 0 saturated heterocycles. The molecule has 7 heteroatoms. The van der Waals surface area contributed by atoms with Crippen LogP contribution >= 0.6 is 85.7 Å². The van der Waals surface area contributed by atoms with Crippen LogP contribution in [0.25, 0.3) is 0 Å². The number of thioether (sulfide) groups is 2. The first kappa shape index (κ1) is 28.2. The Labute approximate surface area is 257 Å². The molecule has 3 aliphatic rings. The van der Waals surface area contributed by atoms with Gasteiger partial charge < -0.3 is 0 Å². The Morgan fingerprint density at radius 1 is 1.20 bits per heavy atom. The van der Waals surface area contributed by atoms with E-state index in [4.69, 9.17) is 0 Å². The van der Waals surface area contributed by atoms with Gasteiger partial charge in [0.15, 0.2) is 0 Å². The first-order valence-electron chi connectivity index (χ1n) is 10.7. The van der Waals surface area contributed by atoms with E-state index in [0.29, 0.717) is 5.75 Å². The monoisotopic (exact) mass is 949 g/mol. The van der Waals surface area contributed by atoms with E-state index in [-0.39, 0.29) is 89.3 Å². The molecular weight excluding hydrogens is 924 g/mol. The van der Waals surface area contributed by atoms with E-state index in [2.05, 4.69) is 88.4 Å². The van der Waals surface area contributed by atoms with Gasteiger partial charge in [0.2, 0.25) is 0 Å². The van der Waals surface area contributed by atoms with Crippen LogP contribution in [0.15, 0.2) is 109 Å². The van der Waals surface area contributed by atoms with Gasteiger partial charge in [-0.2, -0.15) is 0 Å². The molecular formula is C28H25I4OS2-. The number of benzene rings is 1. The molecule has 0 aliphatic carbocycles. The molecule has 1 aromatic rings. The Morgan fingerprint density at radius 3 is 2.80 bits per heavy atom. The number of allylic oxidation sites excluding steroid dienone is 10. The molecule has 1 N–H and O–H groups in total. The van der Waals surface area contributed by atoms with Gasteiger partial charge in [0.25, 0.3) is 0 Å². The van der Waals surface area contributed by atoms with Crippen molar-refractivity contribution in [1.82, 2.24) is 0 Å². The summed E-state index contributed by atoms with van der Waals surface area (Å²) >= 11 is 3.75. The van der Waals surface area contributed by atoms with Crippen molar-refractivity contribution < 1.29 is 26.3 Å². The maximum atomic E-state index is 9.94. The third kappa shape index (κ3) is 8.59. The average Bonchev–Trinajstić information content (AvgIpc) is 2.87. The van der Waals surface area contributed by atoms with Gasteiger partial charge in [-0.25, -0.2) is 0 Å². The summed E-state index contributed by atoms with van der Waals surface area (Å²) in [6.45, 7) is 2.08. The van der Waals surface area contributed by atoms with E-state index < -0.39 is 0 Å². The molecule has 0 saturated carbocycles. The van der Waals surface area contributed by atoms with Gasteiger partial charge in [0.05, 0.1) is 0 Å². The Balaban J connectivity index is 1.67. The molecule has 0 bridgehead atoms. The van der Waals surface area contributed by atoms with Crippen molar-refractivity contribution in [2.45, 2.75) is 12.8 Å². The van der Waals surface area contributed by atoms with E-state index in [1.165, 1.54) is 36.7 Å². The van der Waals surface area contributed by atoms with Crippen molar-refractivity contribution in [2.24, 2.45) is 0 Å². The Hall–Kier alpha value is 0.170. The summed E-state index contributed by atoms with van der Waals surface area (Å²) in [6, 6.07) is 7.78. The summed E-state index contributed by atoms with van der Waals surface area (Å²) < 4.78 is 17.9. The van der Waals surface area contributed by atoms with E-state index >= 15 is 0 Å². The van der Waals surface area contributed by atoms with Crippen LogP contribution in [0.1, 0.15) is 18.4 Å². The SMILES string of the molecule is C=I/C=C(\C=C/C)SC1=CC(C(C2=CC(SC3=CC=C[I-]C3)=IC=C2)c2ccc(O)cc2)=CC=I1. The molecule has 0 spiro atoms. The second kappa shape index (κ2) is 14.9. The molecule has 0 fully saturated rings. The van der Waals surface area contributed by atoms with E-state index in [1.54, 1.807) is 0 Å². The summed E-state index contributed by atoms with van der Waals surface area (Å²) in [4.78, 5) is 2.84. The first-order chi connectivity index (χ1) is 17.2. The number of rotatable bonds is 9. The fourth-order valence-corrected chi connectivity index (χ4v) is 14.7. The van der Waals surface area contributed by atoms with E-state index in [1.807, 2.05) is 35.7 Å². The molecule has 184 valence electrons. The second-order valence-corrected chi connectivity index (χ2v) is 20.0. The number of alkyl halides is 1. The standard InChI is InChI=1S/C28H25I4OS2/c1-3-5-24(18-29-2)34-26-16-21(11-14-31-26)28(20-7-9-23(33)10-8-20)22-12-15-32-27(17-22)35-25-6-4-13-30-19-25/h3-18,28,33H,2,19H2,1H3/q-1/b5-3-,24-18+. The van der Waals surface area contributed by atoms with Crippen molar-refractivity contribution in [3.63, 3.8) is 0 Å². The molecule has 1 aromatic carbocycles. The summed E-state index contributed by atoms with van der Waals surface area (Å²) in [5, 5.41) is 9.94. The van der Waals surface area contributed by atoms with Crippen LogP contribution < -0.4 is 21.2 Å². The van der Waals surface area contributed by atoms with Crippen LogP contribution in [0, 0.1) is 0 Å². The Morgan fingerprint density at radius 2 is 2.06 bits per heavy atom. The van der Waals surface area contributed by atoms with Crippen LogP contribution in [-0.2, 0) is 0 Å². The van der Waals surface area contributed by atoms with Crippen LogP contribution in [0.4, 0.5) is 0 Å². The Bertz CT molecular complexity index is 1270. The van der Waals surface area contributed by atoms with E-state index in [0.717, 1.165) is 0 Å². The fourth-order valence-electron chi connectivity index (χ4n) is 3.45. The normalized spacial score (nSPS) is 19.3. The van der Waals surface area contributed by atoms with Crippen LogP contribution in [0.5, 0.6) is 5.75 Å². The van der Waals surface area contributed by atoms with Crippen LogP contribution in [0.2, 0.25) is 0 Å². The van der Waals surface area contributed by atoms with Crippen molar-refractivity contribution in [3.05, 3.63) is 115 Å². The zero-order valence-corrected chi connectivity index (χ0v) is 29.3. The minimum atomic E-state index is -0.137. The van der Waals surface area contributed by atoms with Gasteiger partial charge in [-0.3, -0.25) is 0 Å². The molecule has 1 atom stereocenters. The predicted octanol–water partition coefficient (Wildman–Crippen LogP) is 6.37. The van der Waals surface area contributed by atoms with Gasteiger partial charge in [-0.15, -0.1) is 20.7 Å². The van der Waals surface area contributed by atoms with Crippen molar-refractivity contribution in [3.8, 4) is 5.75 Å². The van der Waals surface area contributed by atoms with Crippen molar-refractivity contribution >= 4 is 97.1 Å². The number of aromatic hydroxyl groups is 1. The molecule has 1 unspecified atom stereocenters. The van der Waals surface area contributed by atoms with Gasteiger partial charge in [0.1, 0.15) is 0 Å². The van der Waals surface area contributed by atoms with Crippen molar-refractivity contribution in [1.29, 1.82) is 0 Å². The number of hydrogen-bond donors (Lipinski definition) is 1. The molecule has 4 rings (SSSR count). The Kier molecular flexibility index (Phi) is 12.0. The van der Waals surface area contributed by atoms with Crippen LogP contribution in [-0.4, -0.2) is 20.9 Å². The van der Waals surface area contributed by atoms with Gasteiger partial charge in [-0.05, 0) is 11.0 Å². The van der Waals surface area contributed by atoms with Gasteiger partial charge in [-0.1, -0.05) is 16.7 Å². The zero-order chi connectivity index (χ0) is 24.5. The molecule has 35 heavy (non-hydrogen) atoms. The van der Waals surface area contributed by atoms with E-state index in [9.17, 15) is 5.11 Å². The topological polar surface area (TPSA) is 20.2 Å². The molecule has 1 nitrogen and oxygen atoms in total. The average molecular weight is 949 g/mol. The first-order valence-corrected chi connectivity index (χ1v) is 22.5. The number of phenolic OH excluding ortho intramolecular Hbond substituents is 1. The predicted molar refractivity (Wildman–Crippen MR) is 185 cm³/mol. The summed E-state index contributed by atoms with van der Waals surface area (Å²) in [5.74, 6) is 0.472. The fraction of sp³-hybridized carbons (Fsp3) is 0.107. The molecule has 0 radical (unpaired) electrons.